The van der Waals surface area contributed by atoms with Crippen molar-refractivity contribution < 1.29 is 80.2 Å². The summed E-state index contributed by atoms with van der Waals surface area (Å²) in [5.74, 6) is 0.0579. The van der Waals surface area contributed by atoms with Crippen molar-refractivity contribution in [1.29, 1.82) is 0 Å². The van der Waals surface area contributed by atoms with Crippen LogP contribution in [0.1, 0.15) is 325 Å². The van der Waals surface area contributed by atoms with E-state index in [1.165, 1.54) is 128 Å². The third kappa shape index (κ3) is 59.5. The molecule has 19 heteroatoms. The Morgan fingerprint density at radius 3 is 0.894 bits per heavy atom. The molecule has 3 unspecified atom stereocenters. The van der Waals surface area contributed by atoms with Crippen LogP contribution in [0.15, 0.2) is 0 Å². The highest BCUT2D eigenvalue weighted by Gasteiger charge is 2.30. The molecular formula is C66H128O17P2. The Hall–Kier alpha value is -1.94. The number of esters is 4. The van der Waals surface area contributed by atoms with Gasteiger partial charge in [0.1, 0.15) is 19.3 Å². The Bertz CT molecular complexity index is 1680. The van der Waals surface area contributed by atoms with Crippen LogP contribution in [0, 0.1) is 17.8 Å². The molecule has 0 fully saturated rings. The van der Waals surface area contributed by atoms with Crippen molar-refractivity contribution in [2.45, 2.75) is 343 Å². The van der Waals surface area contributed by atoms with Gasteiger partial charge in [-0.1, -0.05) is 273 Å². The average Bonchev–Trinajstić information content (AvgIpc) is 3.47. The van der Waals surface area contributed by atoms with Gasteiger partial charge >= 0.3 is 39.5 Å². The first-order valence-corrected chi connectivity index (χ1v) is 37.4. The maximum atomic E-state index is 13.0. The van der Waals surface area contributed by atoms with Crippen molar-refractivity contribution >= 4 is 39.5 Å². The number of carbonyl (C=O) groups is 4. The maximum absolute atomic E-state index is 13.0. The molecule has 504 valence electrons. The number of rotatable bonds is 64. The van der Waals surface area contributed by atoms with Gasteiger partial charge < -0.3 is 33.8 Å². The molecule has 0 saturated carbocycles. The molecule has 0 radical (unpaired) electrons. The summed E-state index contributed by atoms with van der Waals surface area (Å²) in [4.78, 5) is 72.3. The van der Waals surface area contributed by atoms with Gasteiger partial charge in [0, 0.05) is 25.7 Å². The van der Waals surface area contributed by atoms with E-state index in [1.54, 1.807) is 0 Å². The first-order valence-electron chi connectivity index (χ1n) is 34.4. The minimum atomic E-state index is -4.95. The molecule has 0 bridgehead atoms. The Balaban J connectivity index is 5.26. The van der Waals surface area contributed by atoms with Crippen LogP contribution in [0.3, 0.4) is 0 Å². The van der Waals surface area contributed by atoms with E-state index in [-0.39, 0.29) is 25.7 Å². The highest BCUT2D eigenvalue weighted by molar-refractivity contribution is 7.47. The summed E-state index contributed by atoms with van der Waals surface area (Å²) in [7, 11) is -9.89. The van der Waals surface area contributed by atoms with Gasteiger partial charge in [-0.15, -0.1) is 0 Å². The maximum Gasteiger partial charge on any atom is 0.472 e. The summed E-state index contributed by atoms with van der Waals surface area (Å²) in [5, 5.41) is 10.6. The quantitative estimate of drug-likeness (QED) is 0.0222. The molecule has 0 aromatic rings. The smallest absolute Gasteiger partial charge is 0.462 e. The lowest BCUT2D eigenvalue weighted by molar-refractivity contribution is -0.161. The molecule has 0 heterocycles. The number of aliphatic hydroxyl groups excluding tert-OH is 1. The van der Waals surface area contributed by atoms with E-state index in [1.807, 2.05) is 0 Å². The van der Waals surface area contributed by atoms with Crippen LogP contribution in [-0.2, 0) is 65.4 Å². The third-order valence-corrected chi connectivity index (χ3v) is 17.4. The molecule has 3 N–H and O–H groups in total. The Morgan fingerprint density at radius 1 is 0.341 bits per heavy atom. The standard InChI is InChI=1S/C66H128O17P2/c1-8-10-11-12-13-14-15-16-17-26-33-40-47-63(68)76-53-61(83-66(71)50-43-36-28-21-19-25-32-39-46-59(7)9-2)55-80-84(72,73)78-51-60(67)52-79-85(74,75)81-56-62(54-77-64(69)48-41-34-29-22-24-31-38-45-58(5)6)82-65(70)49-42-35-27-20-18-23-30-37-44-57(3)4/h57-62,67H,8-56H2,1-7H3,(H,72,73)(H,74,75)/t59?,60-,61-,62-/m1/s1. The van der Waals surface area contributed by atoms with Gasteiger partial charge in [0.05, 0.1) is 26.4 Å². The molecule has 85 heavy (non-hydrogen) atoms. The fourth-order valence-corrected chi connectivity index (χ4v) is 11.4. The molecule has 0 aliphatic rings. The largest absolute Gasteiger partial charge is 0.472 e. The highest BCUT2D eigenvalue weighted by atomic mass is 31.2. The molecule has 0 amide bonds. The lowest BCUT2D eigenvalue weighted by Crippen LogP contribution is -2.30. The van der Waals surface area contributed by atoms with Crippen LogP contribution in [0.4, 0.5) is 0 Å². The third-order valence-electron chi connectivity index (χ3n) is 15.5. The molecule has 0 rings (SSSR count). The number of unbranched alkanes of at least 4 members (excludes halogenated alkanes) is 31. The second-order valence-corrected chi connectivity index (χ2v) is 28.0. The lowest BCUT2D eigenvalue weighted by Gasteiger charge is -2.21. The normalized spacial score (nSPS) is 14.6. The first kappa shape index (κ1) is 83.1. The van der Waals surface area contributed by atoms with Gasteiger partial charge in [-0.05, 0) is 43.4 Å². The van der Waals surface area contributed by atoms with Crippen molar-refractivity contribution in [3.05, 3.63) is 0 Å². The van der Waals surface area contributed by atoms with E-state index in [0.717, 1.165) is 108 Å². The zero-order valence-electron chi connectivity index (χ0n) is 55.1. The Kier molecular flexibility index (Phi) is 55.9. The number of carbonyl (C=O) groups excluding carboxylic acids is 4. The number of hydrogen-bond acceptors (Lipinski definition) is 15. The predicted octanol–water partition coefficient (Wildman–Crippen LogP) is 18.3. The van der Waals surface area contributed by atoms with Gasteiger partial charge in [-0.25, -0.2) is 9.13 Å². The topological polar surface area (TPSA) is 237 Å². The van der Waals surface area contributed by atoms with E-state index < -0.39 is 97.5 Å². The van der Waals surface area contributed by atoms with E-state index in [2.05, 4.69) is 48.5 Å². The minimum Gasteiger partial charge on any atom is -0.462 e. The summed E-state index contributed by atoms with van der Waals surface area (Å²) >= 11 is 0. The average molecular weight is 1260 g/mol. The van der Waals surface area contributed by atoms with Gasteiger partial charge in [-0.3, -0.25) is 37.3 Å². The lowest BCUT2D eigenvalue weighted by atomic mass is 9.99. The van der Waals surface area contributed by atoms with Crippen LogP contribution >= 0.6 is 15.6 Å². The van der Waals surface area contributed by atoms with Gasteiger partial charge in [0.2, 0.25) is 0 Å². The molecule has 0 aliphatic carbocycles. The summed E-state index contributed by atoms with van der Waals surface area (Å²) < 4.78 is 68.1. The van der Waals surface area contributed by atoms with Crippen LogP contribution in [0.5, 0.6) is 0 Å². The molecule has 0 saturated heterocycles. The zero-order valence-corrected chi connectivity index (χ0v) is 56.9. The molecular weight excluding hydrogens is 1130 g/mol. The van der Waals surface area contributed by atoms with Crippen LogP contribution in [-0.4, -0.2) is 96.7 Å². The summed E-state index contributed by atoms with van der Waals surface area (Å²) in [6, 6.07) is 0. The van der Waals surface area contributed by atoms with Crippen molar-refractivity contribution in [1.82, 2.24) is 0 Å². The molecule has 0 aromatic carbocycles. The van der Waals surface area contributed by atoms with E-state index in [9.17, 15) is 43.2 Å². The number of hydrogen-bond donors (Lipinski definition) is 3. The number of ether oxygens (including phenoxy) is 4. The van der Waals surface area contributed by atoms with Gasteiger partial charge in [-0.2, -0.15) is 0 Å². The molecule has 17 nitrogen and oxygen atoms in total. The summed E-state index contributed by atoms with van der Waals surface area (Å²) in [5.41, 5.74) is 0. The van der Waals surface area contributed by atoms with Gasteiger partial charge in [0.15, 0.2) is 12.2 Å². The number of aliphatic hydroxyl groups is 1. The number of phosphoric ester groups is 2. The second kappa shape index (κ2) is 57.2. The van der Waals surface area contributed by atoms with Crippen molar-refractivity contribution in [2.24, 2.45) is 17.8 Å². The fraction of sp³-hybridized carbons (Fsp3) is 0.939. The highest BCUT2D eigenvalue weighted by Crippen LogP contribution is 2.45. The van der Waals surface area contributed by atoms with E-state index >= 15 is 0 Å². The van der Waals surface area contributed by atoms with E-state index in [0.29, 0.717) is 31.6 Å². The molecule has 6 atom stereocenters. The Labute approximate surface area is 517 Å². The monoisotopic (exact) mass is 1250 g/mol. The first-order chi connectivity index (χ1) is 40.8. The van der Waals surface area contributed by atoms with Gasteiger partial charge in [0.25, 0.3) is 0 Å². The summed E-state index contributed by atoms with van der Waals surface area (Å²) in [6.07, 6.45) is 38.9. The van der Waals surface area contributed by atoms with Crippen LogP contribution in [0.2, 0.25) is 0 Å². The summed E-state index contributed by atoms with van der Waals surface area (Å²) in [6.45, 7) is 11.7. The Morgan fingerprint density at radius 2 is 0.600 bits per heavy atom. The van der Waals surface area contributed by atoms with E-state index in [4.69, 9.17) is 37.0 Å². The van der Waals surface area contributed by atoms with Crippen LogP contribution in [0.25, 0.3) is 0 Å². The van der Waals surface area contributed by atoms with Crippen molar-refractivity contribution in [3.63, 3.8) is 0 Å². The molecule has 0 spiro atoms. The second-order valence-electron chi connectivity index (χ2n) is 25.1. The fourth-order valence-electron chi connectivity index (χ4n) is 9.80. The SMILES string of the molecule is CCCCCCCCCCCCCCC(=O)OC[C@H](COP(=O)(O)OC[C@@H](O)COP(=O)(O)OC[C@@H](COC(=O)CCCCCCCCCC(C)C)OC(=O)CCCCCCCCCCC(C)C)OC(=O)CCCCCCCCCCC(C)CC. The van der Waals surface area contributed by atoms with Crippen molar-refractivity contribution in [2.75, 3.05) is 39.6 Å². The molecule has 0 aliphatic heterocycles. The predicted molar refractivity (Wildman–Crippen MR) is 340 cm³/mol. The van der Waals surface area contributed by atoms with Crippen LogP contribution < -0.4 is 0 Å². The van der Waals surface area contributed by atoms with Crippen molar-refractivity contribution in [3.8, 4) is 0 Å². The molecule has 0 aromatic heterocycles. The number of phosphoric acid groups is 2. The minimum absolute atomic E-state index is 0.103. The zero-order chi connectivity index (χ0) is 63.1.